The Hall–Kier alpha value is -2.64. The van der Waals surface area contributed by atoms with Crippen molar-refractivity contribution in [3.8, 4) is 5.75 Å². The van der Waals surface area contributed by atoms with Crippen LogP contribution >= 0.6 is 0 Å². The first-order valence-electron chi connectivity index (χ1n) is 9.28. The second-order valence-corrected chi connectivity index (χ2v) is 7.01. The molecule has 6 nitrogen and oxygen atoms in total. The zero-order chi connectivity index (χ0) is 20.7. The Morgan fingerprint density at radius 3 is 2.57 bits per heavy atom. The van der Waals surface area contributed by atoms with Crippen LogP contribution in [-0.4, -0.2) is 35.9 Å². The summed E-state index contributed by atoms with van der Waals surface area (Å²) >= 11 is 0. The lowest BCUT2D eigenvalue weighted by Gasteiger charge is -2.18. The molecule has 0 saturated heterocycles. The highest BCUT2D eigenvalue weighted by molar-refractivity contribution is 5.79. The van der Waals surface area contributed by atoms with Crippen molar-refractivity contribution in [2.75, 3.05) is 13.6 Å². The Morgan fingerprint density at radius 1 is 1.21 bits per heavy atom. The lowest BCUT2D eigenvalue weighted by atomic mass is 10.1. The monoisotopic (exact) mass is 393 g/mol. The van der Waals surface area contributed by atoms with Gasteiger partial charge in [0.2, 0.25) is 0 Å². The van der Waals surface area contributed by atoms with Gasteiger partial charge in [-0.3, -0.25) is 9.67 Å². The van der Waals surface area contributed by atoms with E-state index < -0.39 is 6.61 Å². The number of halogens is 2. The maximum absolute atomic E-state index is 12.6. The number of alkyl halides is 2. The van der Waals surface area contributed by atoms with Crippen molar-refractivity contribution >= 4 is 5.96 Å². The summed E-state index contributed by atoms with van der Waals surface area (Å²) in [5.41, 5.74) is 3.77. The molecule has 2 aromatic rings. The normalized spacial score (nSPS) is 12.9. The summed E-state index contributed by atoms with van der Waals surface area (Å²) < 4.78 is 31.8. The van der Waals surface area contributed by atoms with E-state index in [1.165, 1.54) is 0 Å². The molecule has 2 rings (SSSR count). The maximum atomic E-state index is 12.6. The molecule has 0 radical (unpaired) electrons. The SMILES string of the molecule is CN=C(NCc1cc(C)ccc1OC(F)F)NCC(C)Cn1nc(C)cc1C. The number of nitrogens with zero attached hydrogens (tertiary/aromatic N) is 3. The third-order valence-electron chi connectivity index (χ3n) is 4.31. The van der Waals surface area contributed by atoms with Crippen LogP contribution < -0.4 is 15.4 Å². The van der Waals surface area contributed by atoms with Crippen molar-refractivity contribution in [3.63, 3.8) is 0 Å². The number of hydrogen-bond acceptors (Lipinski definition) is 3. The van der Waals surface area contributed by atoms with E-state index in [4.69, 9.17) is 0 Å². The van der Waals surface area contributed by atoms with Crippen molar-refractivity contribution in [1.29, 1.82) is 0 Å². The number of aliphatic imine (C=N–C) groups is 1. The van der Waals surface area contributed by atoms with Crippen LogP contribution in [0.4, 0.5) is 8.78 Å². The number of rotatable bonds is 8. The largest absolute Gasteiger partial charge is 0.434 e. The Kier molecular flexibility index (Phi) is 7.78. The molecule has 0 bridgehead atoms. The molecule has 1 aromatic carbocycles. The Labute approximate surface area is 165 Å². The van der Waals surface area contributed by atoms with Crippen molar-refractivity contribution in [2.24, 2.45) is 10.9 Å². The Balaban J connectivity index is 1.89. The summed E-state index contributed by atoms with van der Waals surface area (Å²) in [5, 5.41) is 10.9. The zero-order valence-electron chi connectivity index (χ0n) is 17.1. The van der Waals surface area contributed by atoms with E-state index in [2.05, 4.69) is 38.5 Å². The fourth-order valence-corrected chi connectivity index (χ4v) is 2.95. The van der Waals surface area contributed by atoms with E-state index in [-0.39, 0.29) is 5.75 Å². The molecule has 28 heavy (non-hydrogen) atoms. The summed E-state index contributed by atoms with van der Waals surface area (Å²) in [6, 6.07) is 7.19. The number of benzene rings is 1. The highest BCUT2D eigenvalue weighted by Gasteiger charge is 2.12. The predicted molar refractivity (Wildman–Crippen MR) is 107 cm³/mol. The average Bonchev–Trinajstić information content (AvgIpc) is 2.93. The standard InChI is InChI=1S/C20H29F2N5O/c1-13-6-7-18(28-19(21)22)17(8-13)11-25-20(23-5)24-10-14(2)12-27-16(4)9-15(3)26-27/h6-9,14,19H,10-12H2,1-5H3,(H2,23,24,25). The van der Waals surface area contributed by atoms with Gasteiger partial charge in [0, 0.05) is 37.9 Å². The number of aromatic nitrogens is 2. The molecule has 8 heteroatoms. The number of hydrogen-bond donors (Lipinski definition) is 2. The van der Waals surface area contributed by atoms with Crippen LogP contribution in [0.1, 0.15) is 29.4 Å². The molecule has 0 fully saturated rings. The van der Waals surface area contributed by atoms with Crippen LogP contribution in [-0.2, 0) is 13.1 Å². The molecule has 0 saturated carbocycles. The summed E-state index contributed by atoms with van der Waals surface area (Å²) in [5.74, 6) is 1.10. The molecule has 1 unspecified atom stereocenters. The summed E-state index contributed by atoms with van der Waals surface area (Å²) in [6.07, 6.45) is 0. The molecule has 1 aromatic heterocycles. The summed E-state index contributed by atoms with van der Waals surface area (Å²) in [7, 11) is 1.67. The molecule has 2 N–H and O–H groups in total. The molecule has 0 aliphatic heterocycles. The average molecular weight is 393 g/mol. The molecule has 1 heterocycles. The van der Waals surface area contributed by atoms with Crippen molar-refractivity contribution in [3.05, 3.63) is 46.8 Å². The molecule has 154 valence electrons. The number of nitrogens with one attached hydrogen (secondary N) is 2. The van der Waals surface area contributed by atoms with E-state index in [1.807, 2.05) is 31.5 Å². The first kappa shape index (κ1) is 21.7. The predicted octanol–water partition coefficient (Wildman–Crippen LogP) is 3.41. The van der Waals surface area contributed by atoms with Gasteiger partial charge in [-0.05, 0) is 38.8 Å². The van der Waals surface area contributed by atoms with Gasteiger partial charge < -0.3 is 15.4 Å². The lowest BCUT2D eigenvalue weighted by molar-refractivity contribution is -0.0504. The highest BCUT2D eigenvalue weighted by Crippen LogP contribution is 2.22. The topological polar surface area (TPSA) is 63.5 Å². The van der Waals surface area contributed by atoms with Crippen molar-refractivity contribution in [1.82, 2.24) is 20.4 Å². The smallest absolute Gasteiger partial charge is 0.387 e. The molecular weight excluding hydrogens is 364 g/mol. The summed E-state index contributed by atoms with van der Waals surface area (Å²) in [6.45, 7) is 7.04. The first-order valence-corrected chi connectivity index (χ1v) is 9.28. The Morgan fingerprint density at radius 2 is 1.96 bits per heavy atom. The van der Waals surface area contributed by atoms with Gasteiger partial charge in [-0.15, -0.1) is 0 Å². The van der Waals surface area contributed by atoms with Crippen LogP contribution in [0, 0.1) is 26.7 Å². The minimum atomic E-state index is -2.85. The van der Waals surface area contributed by atoms with Crippen molar-refractivity contribution < 1.29 is 13.5 Å². The maximum Gasteiger partial charge on any atom is 0.387 e. The van der Waals surface area contributed by atoms with Crippen molar-refractivity contribution in [2.45, 2.75) is 47.4 Å². The van der Waals surface area contributed by atoms with E-state index in [1.54, 1.807) is 19.2 Å². The molecule has 0 aliphatic carbocycles. The number of ether oxygens (including phenoxy) is 1. The van der Waals surface area contributed by atoms with E-state index in [0.717, 1.165) is 23.5 Å². The second kappa shape index (κ2) is 10.1. The van der Waals surface area contributed by atoms with Crippen LogP contribution in [0.2, 0.25) is 0 Å². The molecule has 1 atom stereocenters. The molecular formula is C20H29F2N5O. The van der Waals surface area contributed by atoms with Gasteiger partial charge in [-0.2, -0.15) is 13.9 Å². The van der Waals surface area contributed by atoms with Crippen LogP contribution in [0.5, 0.6) is 5.75 Å². The number of guanidine groups is 1. The fourth-order valence-electron chi connectivity index (χ4n) is 2.95. The van der Waals surface area contributed by atoms with Crippen LogP contribution in [0.3, 0.4) is 0 Å². The van der Waals surface area contributed by atoms with E-state index in [0.29, 0.717) is 30.5 Å². The number of aryl methyl sites for hydroxylation is 3. The van der Waals surface area contributed by atoms with Gasteiger partial charge in [-0.1, -0.05) is 24.6 Å². The van der Waals surface area contributed by atoms with Gasteiger partial charge in [-0.25, -0.2) is 0 Å². The van der Waals surface area contributed by atoms with Gasteiger partial charge in [0.15, 0.2) is 5.96 Å². The highest BCUT2D eigenvalue weighted by atomic mass is 19.3. The third kappa shape index (κ3) is 6.51. The van der Waals surface area contributed by atoms with E-state index in [9.17, 15) is 8.78 Å². The second-order valence-electron chi connectivity index (χ2n) is 7.01. The Bertz CT molecular complexity index is 804. The summed E-state index contributed by atoms with van der Waals surface area (Å²) in [4.78, 5) is 4.20. The lowest BCUT2D eigenvalue weighted by Crippen LogP contribution is -2.39. The first-order chi connectivity index (χ1) is 13.3. The molecule has 0 spiro atoms. The van der Waals surface area contributed by atoms with E-state index >= 15 is 0 Å². The van der Waals surface area contributed by atoms with Gasteiger partial charge >= 0.3 is 6.61 Å². The zero-order valence-corrected chi connectivity index (χ0v) is 17.1. The third-order valence-corrected chi connectivity index (χ3v) is 4.31. The van der Waals surface area contributed by atoms with Crippen LogP contribution in [0.25, 0.3) is 0 Å². The molecule has 0 aliphatic rings. The quantitative estimate of drug-likeness (QED) is 0.533. The van der Waals surface area contributed by atoms with Gasteiger partial charge in [0.1, 0.15) is 5.75 Å². The minimum absolute atomic E-state index is 0.168. The van der Waals surface area contributed by atoms with Crippen LogP contribution in [0.15, 0.2) is 29.3 Å². The minimum Gasteiger partial charge on any atom is -0.434 e. The fraction of sp³-hybridized carbons (Fsp3) is 0.500. The van der Waals surface area contributed by atoms with Gasteiger partial charge in [0.05, 0.1) is 5.69 Å². The molecule has 0 amide bonds. The van der Waals surface area contributed by atoms with Gasteiger partial charge in [0.25, 0.3) is 0 Å².